The van der Waals surface area contributed by atoms with Gasteiger partial charge in [-0.1, -0.05) is 0 Å². The highest BCUT2D eigenvalue weighted by Gasteiger charge is 2.38. The molecule has 6 heteroatoms. The van der Waals surface area contributed by atoms with Crippen molar-refractivity contribution in [3.05, 3.63) is 0 Å². The molecule has 1 N–H and O–H groups in total. The Morgan fingerprint density at radius 2 is 2.00 bits per heavy atom. The number of carbonyl (C=O) groups is 1. The van der Waals surface area contributed by atoms with Crippen molar-refractivity contribution in [1.29, 1.82) is 0 Å². The van der Waals surface area contributed by atoms with Gasteiger partial charge in [0.2, 0.25) is 0 Å². The second kappa shape index (κ2) is 5.06. The lowest BCUT2D eigenvalue weighted by Gasteiger charge is -2.09. The maximum Gasteiger partial charge on any atom is 0.471 e. The first-order chi connectivity index (χ1) is 5.84. The predicted octanol–water partition coefficient (Wildman–Crippen LogP) is 1.09. The molecule has 0 aliphatic carbocycles. The SMILES string of the molecule is CC(C)OCCNC(=O)C(F)(F)F. The molecule has 0 heterocycles. The maximum absolute atomic E-state index is 11.6. The average molecular weight is 199 g/mol. The first-order valence-electron chi connectivity index (χ1n) is 3.80. The van der Waals surface area contributed by atoms with E-state index in [2.05, 4.69) is 0 Å². The molecule has 13 heavy (non-hydrogen) atoms. The third-order valence-corrected chi connectivity index (χ3v) is 1.10. The van der Waals surface area contributed by atoms with E-state index in [1.165, 1.54) is 0 Å². The lowest BCUT2D eigenvalue weighted by atomic mass is 10.5. The highest BCUT2D eigenvalue weighted by molar-refractivity contribution is 5.81. The Kier molecular flexibility index (Phi) is 4.76. The minimum Gasteiger partial charge on any atom is -0.377 e. The van der Waals surface area contributed by atoms with Gasteiger partial charge in [-0.15, -0.1) is 0 Å². The van der Waals surface area contributed by atoms with Crippen LogP contribution in [0.3, 0.4) is 0 Å². The standard InChI is InChI=1S/C7H12F3NO2/c1-5(2)13-4-3-11-6(12)7(8,9)10/h5H,3-4H2,1-2H3,(H,11,12). The Morgan fingerprint density at radius 1 is 1.46 bits per heavy atom. The second-order valence-corrected chi connectivity index (χ2v) is 2.67. The van der Waals surface area contributed by atoms with E-state index >= 15 is 0 Å². The first kappa shape index (κ1) is 12.2. The predicted molar refractivity (Wildman–Crippen MR) is 40.2 cm³/mol. The fourth-order valence-electron chi connectivity index (χ4n) is 0.559. The average Bonchev–Trinajstić information content (AvgIpc) is 1.95. The number of hydrogen-bond acceptors (Lipinski definition) is 2. The van der Waals surface area contributed by atoms with Crippen LogP contribution in [0.4, 0.5) is 13.2 Å². The van der Waals surface area contributed by atoms with Crippen LogP contribution in [0.25, 0.3) is 0 Å². The molecule has 0 unspecified atom stereocenters. The highest BCUT2D eigenvalue weighted by Crippen LogP contribution is 2.13. The van der Waals surface area contributed by atoms with Gasteiger partial charge >= 0.3 is 12.1 Å². The Hall–Kier alpha value is -0.780. The molecule has 0 aromatic carbocycles. The van der Waals surface area contributed by atoms with Gasteiger partial charge in [-0.25, -0.2) is 0 Å². The highest BCUT2D eigenvalue weighted by atomic mass is 19.4. The molecule has 0 aromatic heterocycles. The van der Waals surface area contributed by atoms with Crippen LogP contribution >= 0.6 is 0 Å². The number of ether oxygens (including phenoxy) is 1. The topological polar surface area (TPSA) is 38.3 Å². The molecule has 0 fully saturated rings. The summed E-state index contributed by atoms with van der Waals surface area (Å²) in [6.07, 6.45) is -4.86. The summed E-state index contributed by atoms with van der Waals surface area (Å²) in [5, 5.41) is 1.69. The Bertz CT molecular complexity index is 168. The van der Waals surface area contributed by atoms with Crippen molar-refractivity contribution in [2.24, 2.45) is 0 Å². The summed E-state index contributed by atoms with van der Waals surface area (Å²) in [6.45, 7) is 3.47. The molecule has 0 aliphatic rings. The molecule has 0 radical (unpaired) electrons. The van der Waals surface area contributed by atoms with E-state index < -0.39 is 12.1 Å². The number of rotatable bonds is 4. The number of alkyl halides is 3. The zero-order valence-electron chi connectivity index (χ0n) is 7.44. The van der Waals surface area contributed by atoms with Crippen molar-refractivity contribution in [2.75, 3.05) is 13.2 Å². The number of hydrogen-bond donors (Lipinski definition) is 1. The number of nitrogens with one attached hydrogen (secondary N) is 1. The van der Waals surface area contributed by atoms with E-state index in [0.717, 1.165) is 0 Å². The minimum atomic E-state index is -4.81. The summed E-state index contributed by atoms with van der Waals surface area (Å²) in [6, 6.07) is 0. The van der Waals surface area contributed by atoms with Crippen LogP contribution in [0.1, 0.15) is 13.8 Å². The van der Waals surface area contributed by atoms with E-state index in [1.54, 1.807) is 19.2 Å². The third-order valence-electron chi connectivity index (χ3n) is 1.10. The molecule has 78 valence electrons. The normalized spacial score (nSPS) is 11.8. The summed E-state index contributed by atoms with van der Waals surface area (Å²) < 4.78 is 39.7. The molecule has 0 aliphatic heterocycles. The van der Waals surface area contributed by atoms with Gasteiger partial charge in [-0.3, -0.25) is 4.79 Å². The Balaban J connectivity index is 3.49. The number of amides is 1. The lowest BCUT2D eigenvalue weighted by molar-refractivity contribution is -0.173. The van der Waals surface area contributed by atoms with Crippen LogP contribution in [0.15, 0.2) is 0 Å². The molecule has 0 spiro atoms. The Morgan fingerprint density at radius 3 is 2.38 bits per heavy atom. The number of halogens is 3. The molecule has 1 amide bonds. The van der Waals surface area contributed by atoms with Crippen LogP contribution in [0.5, 0.6) is 0 Å². The summed E-state index contributed by atoms with van der Waals surface area (Å²) in [5.74, 6) is -1.93. The smallest absolute Gasteiger partial charge is 0.377 e. The molecule has 0 atom stereocenters. The monoisotopic (exact) mass is 199 g/mol. The second-order valence-electron chi connectivity index (χ2n) is 2.67. The molecular weight excluding hydrogens is 187 g/mol. The largest absolute Gasteiger partial charge is 0.471 e. The third kappa shape index (κ3) is 6.39. The van der Waals surface area contributed by atoms with Crippen LogP contribution in [-0.2, 0) is 9.53 Å². The van der Waals surface area contributed by atoms with E-state index in [0.29, 0.717) is 0 Å². The van der Waals surface area contributed by atoms with E-state index in [4.69, 9.17) is 4.74 Å². The molecule has 0 rings (SSSR count). The van der Waals surface area contributed by atoms with Gasteiger partial charge < -0.3 is 10.1 Å². The lowest BCUT2D eigenvalue weighted by Crippen LogP contribution is -2.38. The van der Waals surface area contributed by atoms with Gasteiger partial charge in [-0.2, -0.15) is 13.2 Å². The van der Waals surface area contributed by atoms with Crippen molar-refractivity contribution >= 4 is 5.91 Å². The van der Waals surface area contributed by atoms with Crippen LogP contribution in [-0.4, -0.2) is 31.3 Å². The maximum atomic E-state index is 11.6. The van der Waals surface area contributed by atoms with E-state index in [9.17, 15) is 18.0 Å². The summed E-state index contributed by atoms with van der Waals surface area (Å²) >= 11 is 0. The van der Waals surface area contributed by atoms with Gasteiger partial charge in [-0.05, 0) is 13.8 Å². The van der Waals surface area contributed by atoms with Crippen LogP contribution in [0.2, 0.25) is 0 Å². The molecule has 0 aromatic rings. The quantitative estimate of drug-likeness (QED) is 0.688. The fraction of sp³-hybridized carbons (Fsp3) is 0.857. The fourth-order valence-corrected chi connectivity index (χ4v) is 0.559. The molecule has 0 saturated heterocycles. The molecule has 0 bridgehead atoms. The van der Waals surface area contributed by atoms with Gasteiger partial charge in [0.05, 0.1) is 12.7 Å². The summed E-state index contributed by atoms with van der Waals surface area (Å²) in [5.41, 5.74) is 0. The van der Waals surface area contributed by atoms with Crippen LogP contribution in [0, 0.1) is 0 Å². The van der Waals surface area contributed by atoms with Gasteiger partial charge in [0.1, 0.15) is 0 Å². The number of carbonyl (C=O) groups excluding carboxylic acids is 1. The first-order valence-corrected chi connectivity index (χ1v) is 3.80. The van der Waals surface area contributed by atoms with Crippen molar-refractivity contribution in [2.45, 2.75) is 26.1 Å². The molecule has 3 nitrogen and oxygen atoms in total. The van der Waals surface area contributed by atoms with Crippen molar-refractivity contribution in [3.63, 3.8) is 0 Å². The van der Waals surface area contributed by atoms with Crippen LogP contribution < -0.4 is 5.32 Å². The van der Waals surface area contributed by atoms with E-state index in [-0.39, 0.29) is 19.3 Å². The van der Waals surface area contributed by atoms with Crippen molar-refractivity contribution < 1.29 is 22.7 Å². The van der Waals surface area contributed by atoms with E-state index in [1.807, 2.05) is 0 Å². The Labute approximate surface area is 74.3 Å². The zero-order valence-corrected chi connectivity index (χ0v) is 7.44. The van der Waals surface area contributed by atoms with Gasteiger partial charge in [0.15, 0.2) is 0 Å². The van der Waals surface area contributed by atoms with Gasteiger partial charge in [0.25, 0.3) is 0 Å². The van der Waals surface area contributed by atoms with Gasteiger partial charge in [0, 0.05) is 6.54 Å². The molecule has 0 saturated carbocycles. The molecular formula is C7H12F3NO2. The minimum absolute atomic E-state index is 0.0530. The summed E-state index contributed by atoms with van der Waals surface area (Å²) in [7, 11) is 0. The summed E-state index contributed by atoms with van der Waals surface area (Å²) in [4.78, 5) is 10.2. The zero-order chi connectivity index (χ0) is 10.5. The van der Waals surface area contributed by atoms with Crippen molar-refractivity contribution in [3.8, 4) is 0 Å². The van der Waals surface area contributed by atoms with Crippen molar-refractivity contribution in [1.82, 2.24) is 5.32 Å².